The number of rotatable bonds is 7. The van der Waals surface area contributed by atoms with Gasteiger partial charge < -0.3 is 5.32 Å². The highest BCUT2D eigenvalue weighted by Crippen LogP contribution is 2.28. The van der Waals surface area contributed by atoms with Gasteiger partial charge in [-0.1, -0.05) is 60.7 Å². The highest BCUT2D eigenvalue weighted by atomic mass is 32.2. The van der Waals surface area contributed by atoms with Gasteiger partial charge in [-0.25, -0.2) is 13.4 Å². The first kappa shape index (κ1) is 23.5. The minimum absolute atomic E-state index is 0.203. The second-order valence-electron chi connectivity index (χ2n) is 7.43. The zero-order chi connectivity index (χ0) is 24.5. The summed E-state index contributed by atoms with van der Waals surface area (Å²) < 4.78 is 29.0. The summed E-state index contributed by atoms with van der Waals surface area (Å²) in [6.07, 6.45) is 5.11. The number of aliphatic imine (C=N–C) groups is 1. The van der Waals surface area contributed by atoms with E-state index in [1.54, 1.807) is 67.0 Å². The zero-order valence-corrected chi connectivity index (χ0v) is 19.4. The smallest absolute Gasteiger partial charge is 0.262 e. The van der Waals surface area contributed by atoms with Gasteiger partial charge in [0.05, 0.1) is 11.4 Å². The summed E-state index contributed by atoms with van der Waals surface area (Å²) in [4.78, 5) is 8.54. The van der Waals surface area contributed by atoms with Crippen LogP contribution in [0.25, 0.3) is 11.1 Å². The van der Waals surface area contributed by atoms with Gasteiger partial charge >= 0.3 is 0 Å². The summed E-state index contributed by atoms with van der Waals surface area (Å²) in [5.74, 6) is 0.293. The monoisotopic (exact) mass is 482 g/mol. The zero-order valence-electron chi connectivity index (χ0n) is 18.6. The Morgan fingerprint density at radius 3 is 2.26 bits per heavy atom. The number of hydrogen-bond donors (Lipinski definition) is 3. The van der Waals surface area contributed by atoms with Gasteiger partial charge in [0.25, 0.3) is 10.0 Å². The fraction of sp³-hybridized carbons (Fsp3) is 0.0385. The molecular formula is C26H22N6O2S. The summed E-state index contributed by atoms with van der Waals surface area (Å²) in [5, 5.41) is 14.5. The van der Waals surface area contributed by atoms with Crippen molar-refractivity contribution in [3.63, 3.8) is 0 Å². The van der Waals surface area contributed by atoms with Crippen LogP contribution in [0.4, 0.5) is 11.4 Å². The van der Waals surface area contributed by atoms with Gasteiger partial charge in [-0.15, -0.1) is 0 Å². The third kappa shape index (κ3) is 6.22. The van der Waals surface area contributed by atoms with Crippen LogP contribution in [0, 0.1) is 11.5 Å². The van der Waals surface area contributed by atoms with E-state index in [-0.39, 0.29) is 11.4 Å². The fourth-order valence-corrected chi connectivity index (χ4v) is 4.64. The highest BCUT2D eigenvalue weighted by molar-refractivity contribution is 7.92. The normalized spacial score (nSPS) is 11.3. The lowest BCUT2D eigenvalue weighted by Crippen LogP contribution is -2.26. The Bertz CT molecular complexity index is 1450. The van der Waals surface area contributed by atoms with Crippen LogP contribution >= 0.6 is 0 Å². The molecule has 0 unspecified atom stereocenters. The van der Waals surface area contributed by atoms with Crippen molar-refractivity contribution >= 4 is 27.4 Å². The number of sulfonamides is 1. The molecule has 0 atom stereocenters. The number of benzene rings is 3. The SMILES string of the molecule is N#CN/C(=N\Cc1ccc(NS(=O)(=O)c2ccccc2-c2ccccc2)cc1)Nc1ccncc1. The number of hydrogen-bond acceptors (Lipinski definition) is 5. The Labute approximate surface area is 204 Å². The molecule has 1 aromatic heterocycles. The molecule has 35 heavy (non-hydrogen) atoms. The Kier molecular flexibility index (Phi) is 7.35. The Morgan fingerprint density at radius 1 is 0.857 bits per heavy atom. The van der Waals surface area contributed by atoms with Crippen LogP contribution in [-0.4, -0.2) is 19.4 Å². The van der Waals surface area contributed by atoms with E-state index in [0.717, 1.165) is 16.8 Å². The van der Waals surface area contributed by atoms with E-state index in [4.69, 9.17) is 5.26 Å². The van der Waals surface area contributed by atoms with Crippen LogP contribution in [0.5, 0.6) is 0 Å². The van der Waals surface area contributed by atoms with Crippen LogP contribution in [0.1, 0.15) is 5.56 Å². The van der Waals surface area contributed by atoms with Gasteiger partial charge in [0.15, 0.2) is 6.19 Å². The van der Waals surface area contributed by atoms with Crippen LogP contribution in [0.2, 0.25) is 0 Å². The summed E-state index contributed by atoms with van der Waals surface area (Å²) in [5.41, 5.74) is 3.47. The van der Waals surface area contributed by atoms with Crippen molar-refractivity contribution in [1.29, 1.82) is 5.26 Å². The van der Waals surface area contributed by atoms with E-state index in [0.29, 0.717) is 17.2 Å². The maximum atomic E-state index is 13.2. The number of anilines is 2. The molecule has 0 amide bonds. The molecule has 4 aromatic rings. The van der Waals surface area contributed by atoms with E-state index in [9.17, 15) is 8.42 Å². The quantitative estimate of drug-likeness (QED) is 0.153. The molecule has 0 saturated heterocycles. The highest BCUT2D eigenvalue weighted by Gasteiger charge is 2.19. The molecule has 0 saturated carbocycles. The van der Waals surface area contributed by atoms with Gasteiger partial charge in [0, 0.05) is 29.3 Å². The minimum atomic E-state index is -3.81. The van der Waals surface area contributed by atoms with Crippen molar-refractivity contribution in [3.05, 3.63) is 109 Å². The molecule has 0 fully saturated rings. The van der Waals surface area contributed by atoms with Crippen LogP contribution in [-0.2, 0) is 16.6 Å². The molecule has 4 rings (SSSR count). The summed E-state index contributed by atoms with van der Waals surface area (Å²) >= 11 is 0. The number of nitrogens with zero attached hydrogens (tertiary/aromatic N) is 3. The average Bonchev–Trinajstić information content (AvgIpc) is 2.89. The number of aromatic nitrogens is 1. The molecule has 3 aromatic carbocycles. The summed E-state index contributed by atoms with van der Waals surface area (Å²) in [6, 6.07) is 26.7. The summed E-state index contributed by atoms with van der Waals surface area (Å²) in [7, 11) is -3.81. The Morgan fingerprint density at radius 2 is 1.54 bits per heavy atom. The minimum Gasteiger partial charge on any atom is -0.325 e. The maximum Gasteiger partial charge on any atom is 0.262 e. The van der Waals surface area contributed by atoms with Crippen molar-refractivity contribution in [3.8, 4) is 17.3 Å². The van der Waals surface area contributed by atoms with Gasteiger partial charge in [-0.05, 0) is 41.5 Å². The largest absolute Gasteiger partial charge is 0.325 e. The summed E-state index contributed by atoms with van der Waals surface area (Å²) in [6.45, 7) is 0.284. The number of nitrogens with one attached hydrogen (secondary N) is 3. The predicted molar refractivity (Wildman–Crippen MR) is 137 cm³/mol. The molecule has 0 aliphatic heterocycles. The first-order chi connectivity index (χ1) is 17.0. The molecule has 3 N–H and O–H groups in total. The van der Waals surface area contributed by atoms with Crippen LogP contribution < -0.4 is 15.4 Å². The van der Waals surface area contributed by atoms with Crippen LogP contribution in [0.3, 0.4) is 0 Å². The van der Waals surface area contributed by atoms with Crippen molar-refractivity contribution in [2.75, 3.05) is 10.0 Å². The van der Waals surface area contributed by atoms with Crippen molar-refractivity contribution in [2.24, 2.45) is 4.99 Å². The van der Waals surface area contributed by atoms with E-state index in [1.807, 2.05) is 42.6 Å². The number of nitriles is 1. The molecular weight excluding hydrogens is 460 g/mol. The van der Waals surface area contributed by atoms with Gasteiger partial charge in [-0.2, -0.15) is 5.26 Å². The molecule has 0 aliphatic carbocycles. The fourth-order valence-electron chi connectivity index (χ4n) is 3.35. The number of guanidine groups is 1. The van der Waals surface area contributed by atoms with E-state index in [1.165, 1.54) is 0 Å². The topological polar surface area (TPSA) is 119 Å². The molecule has 174 valence electrons. The van der Waals surface area contributed by atoms with E-state index in [2.05, 4.69) is 25.3 Å². The lowest BCUT2D eigenvalue weighted by Gasteiger charge is -2.13. The van der Waals surface area contributed by atoms with E-state index >= 15 is 0 Å². The number of pyridine rings is 1. The molecule has 1 heterocycles. The average molecular weight is 483 g/mol. The van der Waals surface area contributed by atoms with Gasteiger partial charge in [0.1, 0.15) is 0 Å². The molecule has 9 heteroatoms. The lowest BCUT2D eigenvalue weighted by atomic mass is 10.1. The lowest BCUT2D eigenvalue weighted by molar-refractivity contribution is 0.601. The van der Waals surface area contributed by atoms with Gasteiger partial charge in [-0.3, -0.25) is 15.0 Å². The third-order valence-electron chi connectivity index (χ3n) is 5.00. The maximum absolute atomic E-state index is 13.2. The van der Waals surface area contributed by atoms with Gasteiger partial charge in [0.2, 0.25) is 5.96 Å². The molecule has 8 nitrogen and oxygen atoms in total. The standard InChI is InChI=1S/C26H22N6O2S/c27-19-30-26(31-22-14-16-28-17-15-22)29-18-20-10-12-23(13-11-20)32-35(33,34)25-9-5-4-8-24(25)21-6-2-1-3-7-21/h1-17,32H,18H2,(H2,28,29,30,31). The first-order valence-corrected chi connectivity index (χ1v) is 12.2. The van der Waals surface area contributed by atoms with E-state index < -0.39 is 10.0 Å². The Hall–Kier alpha value is -4.68. The molecule has 0 aliphatic rings. The predicted octanol–water partition coefficient (Wildman–Crippen LogP) is 4.59. The molecule has 0 radical (unpaired) electrons. The molecule has 0 bridgehead atoms. The molecule has 0 spiro atoms. The second kappa shape index (κ2) is 11.0. The van der Waals surface area contributed by atoms with Crippen molar-refractivity contribution in [1.82, 2.24) is 10.3 Å². The third-order valence-corrected chi connectivity index (χ3v) is 6.44. The second-order valence-corrected chi connectivity index (χ2v) is 9.08. The Balaban J connectivity index is 1.48. The van der Waals surface area contributed by atoms with Crippen LogP contribution in [0.15, 0.2) is 113 Å². The van der Waals surface area contributed by atoms with Crippen molar-refractivity contribution < 1.29 is 8.42 Å². The first-order valence-electron chi connectivity index (χ1n) is 10.7. The van der Waals surface area contributed by atoms with Crippen molar-refractivity contribution in [2.45, 2.75) is 11.4 Å².